The lowest BCUT2D eigenvalue weighted by Crippen LogP contribution is -2.05. The molecule has 1 heterocycles. The molecule has 3 heteroatoms. The highest BCUT2D eigenvalue weighted by atomic mass is 16.1. The van der Waals surface area contributed by atoms with Gasteiger partial charge in [-0.1, -0.05) is 0 Å². The summed E-state index contributed by atoms with van der Waals surface area (Å²) in [6, 6.07) is 0. The van der Waals surface area contributed by atoms with Crippen LogP contribution >= 0.6 is 0 Å². The lowest BCUT2D eigenvalue weighted by atomic mass is 10.0. The van der Waals surface area contributed by atoms with Crippen molar-refractivity contribution in [1.82, 2.24) is 9.78 Å². The number of Topliss-reactive ketones (excluding diaryl/α,β-unsaturated/α-hetero) is 1. The molecule has 0 bridgehead atoms. The third-order valence-electron chi connectivity index (χ3n) is 3.25. The van der Waals surface area contributed by atoms with Crippen LogP contribution in [0.25, 0.3) is 0 Å². The zero-order chi connectivity index (χ0) is 11.0. The topological polar surface area (TPSA) is 34.9 Å². The van der Waals surface area contributed by atoms with Gasteiger partial charge in [0.1, 0.15) is 5.78 Å². The van der Waals surface area contributed by atoms with Gasteiger partial charge in [-0.15, -0.1) is 0 Å². The van der Waals surface area contributed by atoms with E-state index in [0.29, 0.717) is 18.1 Å². The molecule has 0 atom stereocenters. The van der Waals surface area contributed by atoms with Crippen LogP contribution in [-0.2, 0) is 18.3 Å². The molecule has 3 nitrogen and oxygen atoms in total. The van der Waals surface area contributed by atoms with E-state index in [2.05, 4.69) is 5.10 Å². The molecule has 0 amide bonds. The fourth-order valence-corrected chi connectivity index (χ4v) is 1.99. The molecule has 1 aromatic rings. The average molecular weight is 206 g/mol. The van der Waals surface area contributed by atoms with Crippen LogP contribution in [-0.4, -0.2) is 15.6 Å². The Morgan fingerprint density at radius 2 is 2.13 bits per heavy atom. The predicted molar refractivity (Wildman–Crippen MR) is 58.7 cm³/mol. The minimum atomic E-state index is 0.372. The highest BCUT2D eigenvalue weighted by Crippen LogP contribution is 2.33. The summed E-state index contributed by atoms with van der Waals surface area (Å²) in [5.41, 5.74) is 3.25. The highest BCUT2D eigenvalue weighted by molar-refractivity contribution is 5.81. The van der Waals surface area contributed by atoms with E-state index >= 15 is 0 Å². The van der Waals surface area contributed by atoms with Gasteiger partial charge >= 0.3 is 0 Å². The molecule has 0 radical (unpaired) electrons. The number of nitrogens with zero attached hydrogens (tertiary/aromatic N) is 2. The minimum Gasteiger partial charge on any atom is -0.299 e. The summed E-state index contributed by atoms with van der Waals surface area (Å²) in [6.07, 6.45) is 3.84. The molecule has 1 aliphatic rings. The molecule has 0 unspecified atom stereocenters. The zero-order valence-corrected chi connectivity index (χ0v) is 9.71. The van der Waals surface area contributed by atoms with E-state index in [1.165, 1.54) is 12.8 Å². The second-order valence-electron chi connectivity index (χ2n) is 4.64. The van der Waals surface area contributed by atoms with E-state index in [4.69, 9.17) is 0 Å². The van der Waals surface area contributed by atoms with E-state index in [0.717, 1.165) is 23.4 Å². The lowest BCUT2D eigenvalue weighted by molar-refractivity contribution is -0.118. The third-order valence-corrected chi connectivity index (χ3v) is 3.25. The number of rotatable bonds is 4. The van der Waals surface area contributed by atoms with Gasteiger partial charge in [-0.2, -0.15) is 5.10 Å². The van der Waals surface area contributed by atoms with Crippen LogP contribution < -0.4 is 0 Å². The van der Waals surface area contributed by atoms with Crippen molar-refractivity contribution in [3.8, 4) is 0 Å². The van der Waals surface area contributed by atoms with E-state index in [1.54, 1.807) is 0 Å². The number of carbonyl (C=O) groups is 1. The monoisotopic (exact) mass is 206 g/mol. The van der Waals surface area contributed by atoms with E-state index < -0.39 is 0 Å². The molecule has 1 saturated carbocycles. The molecule has 0 N–H and O–H groups in total. The van der Waals surface area contributed by atoms with Crippen LogP contribution in [0, 0.1) is 19.8 Å². The summed E-state index contributed by atoms with van der Waals surface area (Å²) in [4.78, 5) is 11.7. The summed E-state index contributed by atoms with van der Waals surface area (Å²) in [5.74, 6) is 1.06. The van der Waals surface area contributed by atoms with Crippen molar-refractivity contribution in [2.45, 2.75) is 39.5 Å². The maximum Gasteiger partial charge on any atom is 0.137 e. The molecule has 1 aliphatic carbocycles. The second kappa shape index (κ2) is 3.80. The second-order valence-corrected chi connectivity index (χ2v) is 4.64. The Balaban J connectivity index is 2.05. The Hall–Kier alpha value is -1.12. The number of carbonyl (C=O) groups excluding carboxylic acids is 1. The van der Waals surface area contributed by atoms with Gasteiger partial charge in [-0.25, -0.2) is 0 Å². The average Bonchev–Trinajstić information content (AvgIpc) is 2.92. The zero-order valence-electron chi connectivity index (χ0n) is 9.71. The van der Waals surface area contributed by atoms with Crippen LogP contribution in [0.5, 0.6) is 0 Å². The van der Waals surface area contributed by atoms with Gasteiger partial charge < -0.3 is 0 Å². The SMILES string of the molecule is Cc1nn(C)c(C)c1CC(=O)CC1CC1. The number of hydrogen-bond donors (Lipinski definition) is 0. The first kappa shape index (κ1) is 10.4. The van der Waals surface area contributed by atoms with Crippen molar-refractivity contribution in [3.05, 3.63) is 17.0 Å². The van der Waals surface area contributed by atoms with E-state index in [9.17, 15) is 4.79 Å². The Labute approximate surface area is 90.5 Å². The third kappa shape index (κ3) is 2.28. The number of aryl methyl sites for hydroxylation is 2. The molecular weight excluding hydrogens is 188 g/mol. The first-order chi connectivity index (χ1) is 7.08. The van der Waals surface area contributed by atoms with Crippen molar-refractivity contribution >= 4 is 5.78 Å². The Morgan fingerprint density at radius 1 is 1.47 bits per heavy atom. The first-order valence-electron chi connectivity index (χ1n) is 5.58. The fraction of sp³-hybridized carbons (Fsp3) is 0.667. The van der Waals surface area contributed by atoms with Gasteiger partial charge in [0, 0.05) is 31.1 Å². The van der Waals surface area contributed by atoms with E-state index in [-0.39, 0.29) is 0 Å². The predicted octanol–water partition coefficient (Wildman–Crippen LogP) is 1.95. The summed E-state index contributed by atoms with van der Waals surface area (Å²) in [6.45, 7) is 4.01. The summed E-state index contributed by atoms with van der Waals surface area (Å²) in [5, 5.41) is 4.32. The summed E-state index contributed by atoms with van der Waals surface area (Å²) < 4.78 is 1.86. The van der Waals surface area contributed by atoms with Gasteiger partial charge in [-0.3, -0.25) is 9.48 Å². The van der Waals surface area contributed by atoms with Crippen molar-refractivity contribution in [3.63, 3.8) is 0 Å². The van der Waals surface area contributed by atoms with Gasteiger partial charge in [-0.05, 0) is 32.6 Å². The van der Waals surface area contributed by atoms with Gasteiger partial charge in [0.05, 0.1) is 5.69 Å². The van der Waals surface area contributed by atoms with Gasteiger partial charge in [0.2, 0.25) is 0 Å². The fourth-order valence-electron chi connectivity index (χ4n) is 1.99. The smallest absolute Gasteiger partial charge is 0.137 e. The Morgan fingerprint density at radius 3 is 2.60 bits per heavy atom. The summed E-state index contributed by atoms with van der Waals surface area (Å²) >= 11 is 0. The molecule has 0 aliphatic heterocycles. The molecule has 0 spiro atoms. The van der Waals surface area contributed by atoms with Crippen molar-refractivity contribution < 1.29 is 4.79 Å². The first-order valence-corrected chi connectivity index (χ1v) is 5.58. The molecule has 15 heavy (non-hydrogen) atoms. The quantitative estimate of drug-likeness (QED) is 0.754. The van der Waals surface area contributed by atoms with Crippen LogP contribution in [0.2, 0.25) is 0 Å². The molecular formula is C12H18N2O. The molecule has 1 fully saturated rings. The minimum absolute atomic E-state index is 0.372. The number of ketones is 1. The normalized spacial score (nSPS) is 15.7. The molecule has 0 saturated heterocycles. The number of aromatic nitrogens is 2. The van der Waals surface area contributed by atoms with Crippen molar-refractivity contribution in [1.29, 1.82) is 0 Å². The maximum absolute atomic E-state index is 11.7. The maximum atomic E-state index is 11.7. The molecule has 1 aromatic heterocycles. The molecule has 2 rings (SSSR count). The Kier molecular flexibility index (Phi) is 2.63. The molecule has 0 aromatic carbocycles. The molecule has 82 valence electrons. The largest absolute Gasteiger partial charge is 0.299 e. The lowest BCUT2D eigenvalue weighted by Gasteiger charge is -2.01. The van der Waals surface area contributed by atoms with Gasteiger partial charge in [0.25, 0.3) is 0 Å². The van der Waals surface area contributed by atoms with Crippen LogP contribution in [0.3, 0.4) is 0 Å². The van der Waals surface area contributed by atoms with Crippen LogP contribution in [0.15, 0.2) is 0 Å². The van der Waals surface area contributed by atoms with Crippen LogP contribution in [0.1, 0.15) is 36.2 Å². The van der Waals surface area contributed by atoms with Gasteiger partial charge in [0.15, 0.2) is 0 Å². The highest BCUT2D eigenvalue weighted by Gasteiger charge is 2.25. The Bertz CT molecular complexity index is 389. The standard InChI is InChI=1S/C12H18N2O/c1-8-12(9(2)14(3)13-8)7-11(15)6-10-4-5-10/h10H,4-7H2,1-3H3. The van der Waals surface area contributed by atoms with Crippen molar-refractivity contribution in [2.24, 2.45) is 13.0 Å². The summed E-state index contributed by atoms with van der Waals surface area (Å²) in [7, 11) is 1.93. The number of hydrogen-bond acceptors (Lipinski definition) is 2. The van der Waals surface area contributed by atoms with Crippen LogP contribution in [0.4, 0.5) is 0 Å². The van der Waals surface area contributed by atoms with Crippen molar-refractivity contribution in [2.75, 3.05) is 0 Å². The van der Waals surface area contributed by atoms with E-state index in [1.807, 2.05) is 25.6 Å².